The van der Waals surface area contributed by atoms with Crippen molar-refractivity contribution in [3.63, 3.8) is 0 Å². The Morgan fingerprint density at radius 2 is 2.05 bits per heavy atom. The molecule has 0 aromatic rings. The molecule has 0 heterocycles. The highest BCUT2D eigenvalue weighted by Gasteiger charge is 2.37. The van der Waals surface area contributed by atoms with Crippen molar-refractivity contribution < 1.29 is 0 Å². The molecular weight excluding hydrogens is 266 g/mol. The zero-order chi connectivity index (χ0) is 13.2. The van der Waals surface area contributed by atoms with Crippen LogP contribution >= 0.6 is 12.4 Å². The molecule has 20 heavy (non-hydrogen) atoms. The fourth-order valence-corrected chi connectivity index (χ4v) is 4.33. The minimum absolute atomic E-state index is 0. The van der Waals surface area contributed by atoms with E-state index in [-0.39, 0.29) is 12.4 Å². The van der Waals surface area contributed by atoms with E-state index in [2.05, 4.69) is 43.3 Å². The number of hydrogen-bond acceptors (Lipinski definition) is 1. The van der Waals surface area contributed by atoms with Gasteiger partial charge in [-0.1, -0.05) is 36.3 Å². The highest BCUT2D eigenvalue weighted by Crippen LogP contribution is 2.49. The second-order valence-electron chi connectivity index (χ2n) is 6.78. The maximum Gasteiger partial charge on any atom is 0.00492 e. The predicted octanol–water partition coefficient (Wildman–Crippen LogP) is 4.61. The Morgan fingerprint density at radius 3 is 2.85 bits per heavy atom. The molecule has 0 N–H and O–H groups in total. The molecule has 0 radical (unpaired) electrons. The van der Waals surface area contributed by atoms with E-state index < -0.39 is 0 Å². The van der Waals surface area contributed by atoms with Gasteiger partial charge in [0.15, 0.2) is 0 Å². The lowest BCUT2D eigenvalue weighted by atomic mass is 9.62. The second-order valence-corrected chi connectivity index (χ2v) is 6.78. The molecule has 0 spiro atoms. The summed E-state index contributed by atoms with van der Waals surface area (Å²) in [6.07, 6.45) is 17.8. The summed E-state index contributed by atoms with van der Waals surface area (Å²) in [6, 6.07) is 0. The van der Waals surface area contributed by atoms with Crippen LogP contribution in [0.15, 0.2) is 35.5 Å². The summed E-state index contributed by atoms with van der Waals surface area (Å²) in [5, 5.41) is 0. The topological polar surface area (TPSA) is 3.24 Å². The summed E-state index contributed by atoms with van der Waals surface area (Å²) in [5.41, 5.74) is 3.51. The van der Waals surface area contributed by atoms with E-state index in [9.17, 15) is 0 Å². The standard InChI is InChI=1S/C18H27N.ClH/c1-19(2)12-6-11-17-15-8-5-7-14(13-15)16-9-3-4-10-18(16)17;/h3-4,9-10,14-16H,5-8,11-13H2,1-2H3;1H. The van der Waals surface area contributed by atoms with Gasteiger partial charge >= 0.3 is 0 Å². The molecule has 2 bridgehead atoms. The van der Waals surface area contributed by atoms with Gasteiger partial charge in [-0.05, 0) is 70.2 Å². The Hall–Kier alpha value is -0.530. The highest BCUT2D eigenvalue weighted by atomic mass is 35.5. The van der Waals surface area contributed by atoms with Crippen molar-refractivity contribution in [1.82, 2.24) is 4.90 Å². The number of allylic oxidation sites excluding steroid dienone is 6. The molecule has 3 aliphatic carbocycles. The molecule has 3 unspecified atom stereocenters. The van der Waals surface area contributed by atoms with Crippen LogP contribution in [0.4, 0.5) is 0 Å². The summed E-state index contributed by atoms with van der Waals surface area (Å²) in [4.78, 5) is 2.31. The summed E-state index contributed by atoms with van der Waals surface area (Å²) < 4.78 is 0. The molecule has 0 saturated heterocycles. The molecular formula is C18H28ClN. The predicted molar refractivity (Wildman–Crippen MR) is 89.3 cm³/mol. The van der Waals surface area contributed by atoms with Crippen LogP contribution in [0, 0.1) is 17.8 Å². The number of halogens is 1. The van der Waals surface area contributed by atoms with Crippen molar-refractivity contribution in [3.8, 4) is 0 Å². The van der Waals surface area contributed by atoms with Crippen LogP contribution in [0.1, 0.15) is 38.5 Å². The molecule has 3 atom stereocenters. The van der Waals surface area contributed by atoms with Gasteiger partial charge in [0, 0.05) is 5.92 Å². The number of rotatable bonds is 4. The van der Waals surface area contributed by atoms with Gasteiger partial charge in [0.2, 0.25) is 0 Å². The van der Waals surface area contributed by atoms with Crippen LogP contribution in [0.5, 0.6) is 0 Å². The van der Waals surface area contributed by atoms with Crippen LogP contribution in [0.2, 0.25) is 0 Å². The van der Waals surface area contributed by atoms with Crippen molar-refractivity contribution >= 4 is 12.4 Å². The van der Waals surface area contributed by atoms with E-state index in [1.807, 2.05) is 5.57 Å². The molecule has 2 heteroatoms. The van der Waals surface area contributed by atoms with Gasteiger partial charge in [-0.25, -0.2) is 0 Å². The zero-order valence-electron chi connectivity index (χ0n) is 12.8. The van der Waals surface area contributed by atoms with Crippen molar-refractivity contribution in [2.75, 3.05) is 20.6 Å². The third-order valence-corrected chi connectivity index (χ3v) is 5.20. The molecule has 0 amide bonds. The van der Waals surface area contributed by atoms with Gasteiger partial charge in [-0.3, -0.25) is 0 Å². The number of hydrogen-bond donors (Lipinski definition) is 0. The van der Waals surface area contributed by atoms with Crippen molar-refractivity contribution in [2.24, 2.45) is 17.8 Å². The SMILES string of the molecule is CN(C)CCCC1=C2C=CC=CC2C2CCCC1C2.Cl. The quantitative estimate of drug-likeness (QED) is 0.732. The molecule has 1 nitrogen and oxygen atoms in total. The molecule has 3 rings (SSSR count). The first kappa shape index (κ1) is 15.9. The van der Waals surface area contributed by atoms with Gasteiger partial charge in [0.25, 0.3) is 0 Å². The third kappa shape index (κ3) is 3.20. The molecule has 1 saturated carbocycles. The van der Waals surface area contributed by atoms with Crippen molar-refractivity contribution in [1.29, 1.82) is 0 Å². The second kappa shape index (κ2) is 6.95. The van der Waals surface area contributed by atoms with Crippen molar-refractivity contribution in [2.45, 2.75) is 38.5 Å². The molecule has 0 aromatic carbocycles. The lowest BCUT2D eigenvalue weighted by molar-refractivity contribution is 0.230. The molecule has 0 aliphatic heterocycles. The Morgan fingerprint density at radius 1 is 1.20 bits per heavy atom. The molecule has 112 valence electrons. The lowest BCUT2D eigenvalue weighted by Gasteiger charge is -2.43. The van der Waals surface area contributed by atoms with E-state index in [0.29, 0.717) is 0 Å². The number of fused-ring (bicyclic) bond motifs is 4. The third-order valence-electron chi connectivity index (χ3n) is 5.20. The van der Waals surface area contributed by atoms with Crippen LogP contribution in [0.25, 0.3) is 0 Å². The largest absolute Gasteiger partial charge is 0.309 e. The Bertz CT molecular complexity index is 419. The van der Waals surface area contributed by atoms with Crippen LogP contribution in [0.3, 0.4) is 0 Å². The highest BCUT2D eigenvalue weighted by molar-refractivity contribution is 5.85. The van der Waals surface area contributed by atoms with E-state index >= 15 is 0 Å². The van der Waals surface area contributed by atoms with Gasteiger partial charge in [0.1, 0.15) is 0 Å². The molecule has 3 aliphatic rings. The average molecular weight is 294 g/mol. The van der Waals surface area contributed by atoms with Gasteiger partial charge < -0.3 is 4.90 Å². The van der Waals surface area contributed by atoms with E-state index in [1.165, 1.54) is 45.1 Å². The molecule has 0 aromatic heterocycles. The summed E-state index contributed by atoms with van der Waals surface area (Å²) >= 11 is 0. The fourth-order valence-electron chi connectivity index (χ4n) is 4.33. The lowest BCUT2D eigenvalue weighted by Crippen LogP contribution is -2.31. The Labute approximate surface area is 130 Å². The van der Waals surface area contributed by atoms with E-state index in [4.69, 9.17) is 0 Å². The van der Waals surface area contributed by atoms with E-state index in [0.717, 1.165) is 17.8 Å². The normalized spacial score (nSPS) is 31.2. The van der Waals surface area contributed by atoms with Gasteiger partial charge in [0.05, 0.1) is 0 Å². The first-order chi connectivity index (χ1) is 9.25. The van der Waals surface area contributed by atoms with Gasteiger partial charge in [-0.15, -0.1) is 12.4 Å². The monoisotopic (exact) mass is 293 g/mol. The first-order valence-corrected chi connectivity index (χ1v) is 7.98. The van der Waals surface area contributed by atoms with Crippen LogP contribution in [-0.4, -0.2) is 25.5 Å². The summed E-state index contributed by atoms with van der Waals surface area (Å²) in [5.74, 6) is 2.59. The summed E-state index contributed by atoms with van der Waals surface area (Å²) in [6.45, 7) is 1.22. The van der Waals surface area contributed by atoms with Crippen molar-refractivity contribution in [3.05, 3.63) is 35.5 Å². The minimum Gasteiger partial charge on any atom is -0.309 e. The maximum absolute atomic E-state index is 2.47. The minimum atomic E-state index is 0. The van der Waals surface area contributed by atoms with Crippen LogP contribution in [-0.2, 0) is 0 Å². The van der Waals surface area contributed by atoms with E-state index in [1.54, 1.807) is 5.57 Å². The Kier molecular flexibility index (Phi) is 5.51. The average Bonchev–Trinajstić information content (AvgIpc) is 2.43. The zero-order valence-corrected chi connectivity index (χ0v) is 13.7. The van der Waals surface area contributed by atoms with Gasteiger partial charge in [-0.2, -0.15) is 0 Å². The number of nitrogens with zero attached hydrogens (tertiary/aromatic N) is 1. The molecule has 1 fully saturated rings. The fraction of sp³-hybridized carbons (Fsp3) is 0.667. The first-order valence-electron chi connectivity index (χ1n) is 7.98. The summed E-state index contributed by atoms with van der Waals surface area (Å²) in [7, 11) is 4.36. The van der Waals surface area contributed by atoms with Crippen LogP contribution < -0.4 is 0 Å². The smallest absolute Gasteiger partial charge is 0.00492 e. The Balaban J connectivity index is 0.00000147. The maximum atomic E-state index is 2.47.